The highest BCUT2D eigenvalue weighted by Crippen LogP contribution is 2.42. The molecule has 0 amide bonds. The molecule has 3 heteroatoms. The highest BCUT2D eigenvalue weighted by Gasteiger charge is 2.18. The van der Waals surface area contributed by atoms with Crippen LogP contribution in [-0.4, -0.2) is 9.13 Å². The second kappa shape index (κ2) is 12.7. The lowest BCUT2D eigenvalue weighted by atomic mass is 9.98. The SMILES string of the molecule is c1ccc(-n2c3ccccc3c3c(-c4ccc5c6ccccc6n(-c6ccc(-c7ccc(-c8ccc9c(c8)sc8ccccc89)cc7)cc6)c5c4)cccc32)cc1. The zero-order valence-electron chi connectivity index (χ0n) is 30.9. The highest BCUT2D eigenvalue weighted by molar-refractivity contribution is 7.25. The summed E-state index contributed by atoms with van der Waals surface area (Å²) in [5, 5.41) is 7.71. The molecule has 9 aromatic carbocycles. The van der Waals surface area contributed by atoms with Crippen molar-refractivity contribution in [2.45, 2.75) is 0 Å². The molecule has 0 saturated heterocycles. The summed E-state index contributed by atoms with van der Waals surface area (Å²) in [5.41, 5.74) is 14.5. The lowest BCUT2D eigenvalue weighted by molar-refractivity contribution is 1.18. The zero-order chi connectivity index (χ0) is 37.5. The number of aromatic nitrogens is 2. The summed E-state index contributed by atoms with van der Waals surface area (Å²) >= 11 is 1.87. The number of benzene rings is 9. The van der Waals surface area contributed by atoms with Crippen LogP contribution in [0.1, 0.15) is 0 Å². The first-order valence-electron chi connectivity index (χ1n) is 19.5. The fourth-order valence-corrected chi connectivity index (χ4v) is 10.2. The first-order valence-corrected chi connectivity index (χ1v) is 20.3. The number of hydrogen-bond acceptors (Lipinski definition) is 1. The van der Waals surface area contributed by atoms with E-state index in [-0.39, 0.29) is 0 Å². The van der Waals surface area contributed by atoms with Gasteiger partial charge in [-0.15, -0.1) is 11.3 Å². The van der Waals surface area contributed by atoms with Gasteiger partial charge in [-0.2, -0.15) is 0 Å². The van der Waals surface area contributed by atoms with E-state index in [0.29, 0.717) is 0 Å². The van der Waals surface area contributed by atoms with Crippen LogP contribution >= 0.6 is 11.3 Å². The number of nitrogens with zero attached hydrogens (tertiary/aromatic N) is 2. The Balaban J connectivity index is 0.939. The third kappa shape index (κ3) is 5.03. The van der Waals surface area contributed by atoms with E-state index in [9.17, 15) is 0 Å². The van der Waals surface area contributed by atoms with Crippen LogP contribution < -0.4 is 0 Å². The molecule has 0 aliphatic carbocycles. The molecule has 0 N–H and O–H groups in total. The van der Waals surface area contributed by atoms with Gasteiger partial charge in [0.05, 0.1) is 22.1 Å². The largest absolute Gasteiger partial charge is 0.309 e. The van der Waals surface area contributed by atoms with E-state index >= 15 is 0 Å². The van der Waals surface area contributed by atoms with Gasteiger partial charge in [-0.3, -0.25) is 0 Å². The van der Waals surface area contributed by atoms with Gasteiger partial charge in [-0.25, -0.2) is 0 Å². The zero-order valence-corrected chi connectivity index (χ0v) is 31.7. The Kier molecular flexibility index (Phi) is 7.13. The van der Waals surface area contributed by atoms with Crippen molar-refractivity contribution in [2.75, 3.05) is 0 Å². The molecule has 0 atom stereocenters. The summed E-state index contributed by atoms with van der Waals surface area (Å²) < 4.78 is 7.49. The van der Waals surface area contributed by atoms with Gasteiger partial charge in [0.15, 0.2) is 0 Å². The molecule has 0 aliphatic rings. The summed E-state index contributed by atoms with van der Waals surface area (Å²) in [5.74, 6) is 0. The number of rotatable bonds is 5. The monoisotopic (exact) mass is 742 g/mol. The van der Waals surface area contributed by atoms with Gasteiger partial charge in [0.25, 0.3) is 0 Å². The van der Waals surface area contributed by atoms with Gasteiger partial charge >= 0.3 is 0 Å². The Hall–Kier alpha value is -7.20. The fraction of sp³-hybridized carbons (Fsp3) is 0. The maximum atomic E-state index is 2.43. The molecule has 12 aromatic rings. The Morgan fingerprint density at radius 2 is 0.789 bits per heavy atom. The second-order valence-corrected chi connectivity index (χ2v) is 16.0. The van der Waals surface area contributed by atoms with Crippen LogP contribution in [0.5, 0.6) is 0 Å². The fourth-order valence-electron chi connectivity index (χ4n) is 9.09. The lowest BCUT2D eigenvalue weighted by Gasteiger charge is -2.12. The molecular formula is C54H34N2S. The molecule has 0 bridgehead atoms. The van der Waals surface area contributed by atoms with Gasteiger partial charge in [0.2, 0.25) is 0 Å². The van der Waals surface area contributed by atoms with E-state index < -0.39 is 0 Å². The van der Waals surface area contributed by atoms with Gasteiger partial charge in [0, 0.05) is 53.1 Å². The quantitative estimate of drug-likeness (QED) is 0.166. The average molecular weight is 743 g/mol. The van der Waals surface area contributed by atoms with Gasteiger partial charge in [-0.05, 0) is 94.0 Å². The Bertz CT molecular complexity index is 3490. The molecule has 266 valence electrons. The van der Waals surface area contributed by atoms with Gasteiger partial charge in [0.1, 0.15) is 0 Å². The Morgan fingerprint density at radius 3 is 1.58 bits per heavy atom. The van der Waals surface area contributed by atoms with Crippen molar-refractivity contribution in [3.63, 3.8) is 0 Å². The number of hydrogen-bond donors (Lipinski definition) is 0. The molecule has 0 spiro atoms. The molecule has 3 aromatic heterocycles. The van der Waals surface area contributed by atoms with Crippen molar-refractivity contribution in [1.82, 2.24) is 9.13 Å². The molecule has 0 radical (unpaired) electrons. The van der Waals surface area contributed by atoms with Gasteiger partial charge in [-0.1, -0.05) is 146 Å². The van der Waals surface area contributed by atoms with Crippen LogP contribution in [0.2, 0.25) is 0 Å². The molecule has 12 rings (SSSR count). The van der Waals surface area contributed by atoms with Crippen molar-refractivity contribution in [3.8, 4) is 44.8 Å². The topological polar surface area (TPSA) is 9.86 Å². The van der Waals surface area contributed by atoms with Crippen molar-refractivity contribution in [2.24, 2.45) is 0 Å². The molecule has 0 unspecified atom stereocenters. The third-order valence-electron chi connectivity index (χ3n) is 11.8. The van der Waals surface area contributed by atoms with E-state index in [1.807, 2.05) is 11.3 Å². The molecule has 2 nitrogen and oxygen atoms in total. The minimum Gasteiger partial charge on any atom is -0.309 e. The maximum absolute atomic E-state index is 2.43. The predicted octanol–water partition coefficient (Wildman–Crippen LogP) is 15.2. The van der Waals surface area contributed by atoms with Crippen molar-refractivity contribution < 1.29 is 0 Å². The van der Waals surface area contributed by atoms with E-state index in [4.69, 9.17) is 0 Å². The summed E-state index contributed by atoms with van der Waals surface area (Å²) in [6.07, 6.45) is 0. The lowest BCUT2D eigenvalue weighted by Crippen LogP contribution is -1.94. The standard InChI is InChI=1S/C54H34N2S/c1-2-11-40(12-3-1)55-49-18-8-5-15-47(49)54-42(16-10-19-50(54)55)39-28-31-44-43-13-4-7-17-48(43)56(51(44)33-39)41-29-25-36(26-30-41)35-21-23-37(24-22-35)38-27-32-46-45-14-6-9-20-52(45)57-53(46)34-38/h1-34H. The molecule has 0 aliphatic heterocycles. The molecular weight excluding hydrogens is 709 g/mol. The molecule has 3 heterocycles. The third-order valence-corrected chi connectivity index (χ3v) is 12.9. The van der Waals surface area contributed by atoms with E-state index in [0.717, 1.165) is 5.69 Å². The van der Waals surface area contributed by atoms with E-state index in [1.165, 1.54) is 103 Å². The van der Waals surface area contributed by atoms with Crippen LogP contribution in [0, 0.1) is 0 Å². The summed E-state index contributed by atoms with van der Waals surface area (Å²) in [6, 6.07) is 75.6. The number of thiophene rings is 1. The van der Waals surface area contributed by atoms with Crippen LogP contribution in [-0.2, 0) is 0 Å². The van der Waals surface area contributed by atoms with Crippen LogP contribution in [0.3, 0.4) is 0 Å². The van der Waals surface area contributed by atoms with Crippen molar-refractivity contribution in [1.29, 1.82) is 0 Å². The molecule has 57 heavy (non-hydrogen) atoms. The molecule has 0 fully saturated rings. The normalized spacial score (nSPS) is 11.9. The Morgan fingerprint density at radius 1 is 0.281 bits per heavy atom. The second-order valence-electron chi connectivity index (χ2n) is 14.9. The molecule has 0 saturated carbocycles. The van der Waals surface area contributed by atoms with Gasteiger partial charge < -0.3 is 9.13 Å². The summed E-state index contributed by atoms with van der Waals surface area (Å²) in [4.78, 5) is 0. The first-order chi connectivity index (χ1) is 28.3. The van der Waals surface area contributed by atoms with Crippen molar-refractivity contribution in [3.05, 3.63) is 206 Å². The van der Waals surface area contributed by atoms with Crippen LogP contribution in [0.4, 0.5) is 0 Å². The summed E-state index contributed by atoms with van der Waals surface area (Å²) in [7, 11) is 0. The minimum absolute atomic E-state index is 1.15. The average Bonchev–Trinajstić information content (AvgIpc) is 3.94. The smallest absolute Gasteiger partial charge is 0.0547 e. The number of para-hydroxylation sites is 3. The van der Waals surface area contributed by atoms with Crippen LogP contribution in [0.25, 0.3) is 109 Å². The summed E-state index contributed by atoms with van der Waals surface area (Å²) in [6.45, 7) is 0. The minimum atomic E-state index is 1.15. The number of fused-ring (bicyclic) bond motifs is 9. The maximum Gasteiger partial charge on any atom is 0.0547 e. The Labute approximate surface area is 333 Å². The van der Waals surface area contributed by atoms with Crippen molar-refractivity contribution >= 4 is 75.1 Å². The highest BCUT2D eigenvalue weighted by atomic mass is 32.1. The van der Waals surface area contributed by atoms with E-state index in [1.54, 1.807) is 0 Å². The van der Waals surface area contributed by atoms with E-state index in [2.05, 4.69) is 215 Å². The van der Waals surface area contributed by atoms with Crippen LogP contribution in [0.15, 0.2) is 206 Å². The predicted molar refractivity (Wildman–Crippen MR) is 244 cm³/mol. The first kappa shape index (κ1) is 32.1.